The second kappa shape index (κ2) is 11.7. The SMILES string of the molecule is Cc1cc(NC(=O)COc2ccc(/C=N\NC(=O)C(=O)Nc3ccccc3F)cc2)ccc1Br. The summed E-state index contributed by atoms with van der Waals surface area (Å²) in [6.45, 7) is 1.75. The number of nitrogens with one attached hydrogen (secondary N) is 3. The molecule has 10 heteroatoms. The molecule has 0 aliphatic carbocycles. The van der Waals surface area contributed by atoms with Crippen molar-refractivity contribution in [2.45, 2.75) is 6.92 Å². The first-order valence-electron chi connectivity index (χ1n) is 9.99. The maximum Gasteiger partial charge on any atom is 0.329 e. The van der Waals surface area contributed by atoms with E-state index in [1.54, 1.807) is 30.3 Å². The van der Waals surface area contributed by atoms with E-state index in [0.717, 1.165) is 16.1 Å². The van der Waals surface area contributed by atoms with E-state index >= 15 is 0 Å². The van der Waals surface area contributed by atoms with Crippen molar-refractivity contribution < 1.29 is 23.5 Å². The number of anilines is 2. The number of rotatable bonds is 7. The zero-order valence-corrected chi connectivity index (χ0v) is 19.6. The van der Waals surface area contributed by atoms with Crippen LogP contribution < -0.4 is 20.8 Å². The van der Waals surface area contributed by atoms with Crippen molar-refractivity contribution in [3.63, 3.8) is 0 Å². The fraction of sp³-hybridized carbons (Fsp3) is 0.0833. The van der Waals surface area contributed by atoms with Crippen LogP contribution in [0, 0.1) is 12.7 Å². The molecule has 0 aliphatic rings. The second-order valence-corrected chi connectivity index (χ2v) is 7.86. The van der Waals surface area contributed by atoms with Gasteiger partial charge in [0.25, 0.3) is 5.91 Å². The fourth-order valence-corrected chi connectivity index (χ4v) is 2.92. The highest BCUT2D eigenvalue weighted by atomic mass is 79.9. The first kappa shape index (κ1) is 24.6. The lowest BCUT2D eigenvalue weighted by molar-refractivity contribution is -0.136. The molecule has 0 spiro atoms. The molecule has 0 radical (unpaired) electrons. The van der Waals surface area contributed by atoms with E-state index in [4.69, 9.17) is 4.74 Å². The summed E-state index contributed by atoms with van der Waals surface area (Å²) in [5, 5.41) is 8.62. The normalized spacial score (nSPS) is 10.6. The van der Waals surface area contributed by atoms with Gasteiger partial charge in [-0.2, -0.15) is 5.10 Å². The summed E-state index contributed by atoms with van der Waals surface area (Å²) in [7, 11) is 0. The van der Waals surface area contributed by atoms with Crippen molar-refractivity contribution in [2.24, 2.45) is 5.10 Å². The van der Waals surface area contributed by atoms with Crippen molar-refractivity contribution in [3.05, 3.63) is 88.1 Å². The number of ether oxygens (including phenoxy) is 1. The molecule has 0 bridgehead atoms. The zero-order chi connectivity index (χ0) is 24.5. The minimum Gasteiger partial charge on any atom is -0.484 e. The van der Waals surface area contributed by atoms with Gasteiger partial charge in [0.2, 0.25) is 0 Å². The number of hydrogen-bond donors (Lipinski definition) is 3. The molecule has 0 aliphatic heterocycles. The summed E-state index contributed by atoms with van der Waals surface area (Å²) in [4.78, 5) is 35.7. The van der Waals surface area contributed by atoms with E-state index in [9.17, 15) is 18.8 Å². The first-order chi connectivity index (χ1) is 16.3. The predicted octanol–water partition coefficient (Wildman–Crippen LogP) is 4.00. The van der Waals surface area contributed by atoms with Crippen LogP contribution in [0.1, 0.15) is 11.1 Å². The van der Waals surface area contributed by atoms with Crippen molar-refractivity contribution >= 4 is 51.2 Å². The van der Waals surface area contributed by atoms with Gasteiger partial charge in [0.15, 0.2) is 6.61 Å². The Labute approximate surface area is 203 Å². The van der Waals surface area contributed by atoms with Crippen LogP contribution in [0.3, 0.4) is 0 Å². The summed E-state index contributed by atoms with van der Waals surface area (Å²) in [6, 6.07) is 17.5. The summed E-state index contributed by atoms with van der Waals surface area (Å²) in [5.74, 6) is -2.60. The lowest BCUT2D eigenvalue weighted by atomic mass is 10.2. The second-order valence-electron chi connectivity index (χ2n) is 7.00. The number of para-hydroxylation sites is 1. The van der Waals surface area contributed by atoms with Gasteiger partial charge < -0.3 is 15.4 Å². The molecular weight excluding hydrogens is 507 g/mol. The molecule has 174 valence electrons. The smallest absolute Gasteiger partial charge is 0.329 e. The Morgan fingerprint density at radius 1 is 1.00 bits per heavy atom. The molecule has 3 rings (SSSR count). The number of hydrogen-bond acceptors (Lipinski definition) is 5. The number of amides is 3. The molecule has 3 N–H and O–H groups in total. The van der Waals surface area contributed by atoms with Gasteiger partial charge in [-0.15, -0.1) is 0 Å². The van der Waals surface area contributed by atoms with Crippen molar-refractivity contribution in [1.82, 2.24) is 5.43 Å². The lowest BCUT2D eigenvalue weighted by Gasteiger charge is -2.09. The van der Waals surface area contributed by atoms with Crippen molar-refractivity contribution in [2.75, 3.05) is 17.2 Å². The Hall–Kier alpha value is -4.05. The molecule has 8 nitrogen and oxygen atoms in total. The van der Waals surface area contributed by atoms with Gasteiger partial charge in [-0.25, -0.2) is 9.82 Å². The molecule has 3 amide bonds. The summed E-state index contributed by atoms with van der Waals surface area (Å²) in [6.07, 6.45) is 1.32. The summed E-state index contributed by atoms with van der Waals surface area (Å²) >= 11 is 3.41. The van der Waals surface area contributed by atoms with E-state index in [1.165, 1.54) is 24.4 Å². The Morgan fingerprint density at radius 2 is 1.74 bits per heavy atom. The van der Waals surface area contributed by atoms with Crippen molar-refractivity contribution in [3.8, 4) is 5.75 Å². The van der Waals surface area contributed by atoms with E-state index in [0.29, 0.717) is 17.0 Å². The molecule has 0 saturated carbocycles. The third kappa shape index (κ3) is 7.24. The molecule has 0 saturated heterocycles. The molecular formula is C24H20BrFN4O4. The molecule has 3 aromatic carbocycles. The van der Waals surface area contributed by atoms with Crippen LogP contribution in [-0.2, 0) is 14.4 Å². The van der Waals surface area contributed by atoms with Crippen LogP contribution in [0.25, 0.3) is 0 Å². The number of halogens is 2. The third-order valence-electron chi connectivity index (χ3n) is 4.40. The van der Waals surface area contributed by atoms with Crippen LogP contribution in [0.2, 0.25) is 0 Å². The van der Waals surface area contributed by atoms with Gasteiger partial charge in [-0.3, -0.25) is 14.4 Å². The topological polar surface area (TPSA) is 109 Å². The standard InChI is InChI=1S/C24H20BrFN4O4/c1-15-12-17(8-11-19(15)25)28-22(31)14-34-18-9-6-16(7-10-18)13-27-30-24(33)23(32)29-21-5-3-2-4-20(21)26/h2-13H,14H2,1H3,(H,28,31)(H,29,32)(H,30,33)/b27-13-. The van der Waals surface area contributed by atoms with Gasteiger partial charge in [0.05, 0.1) is 11.9 Å². The first-order valence-corrected chi connectivity index (χ1v) is 10.8. The predicted molar refractivity (Wildman–Crippen MR) is 130 cm³/mol. The number of aryl methyl sites for hydroxylation is 1. The monoisotopic (exact) mass is 526 g/mol. The third-order valence-corrected chi connectivity index (χ3v) is 5.29. The van der Waals surface area contributed by atoms with Gasteiger partial charge in [-0.05, 0) is 72.6 Å². The van der Waals surface area contributed by atoms with E-state index in [-0.39, 0.29) is 18.2 Å². The maximum absolute atomic E-state index is 13.5. The van der Waals surface area contributed by atoms with Gasteiger partial charge >= 0.3 is 11.8 Å². The van der Waals surface area contributed by atoms with Gasteiger partial charge in [0.1, 0.15) is 11.6 Å². The molecule has 0 heterocycles. The van der Waals surface area contributed by atoms with Crippen LogP contribution >= 0.6 is 15.9 Å². The molecule has 0 aromatic heterocycles. The van der Waals surface area contributed by atoms with Gasteiger partial charge in [-0.1, -0.05) is 28.1 Å². The number of hydrazone groups is 1. The molecule has 0 fully saturated rings. The summed E-state index contributed by atoms with van der Waals surface area (Å²) in [5.41, 5.74) is 4.23. The number of carbonyl (C=O) groups is 3. The highest BCUT2D eigenvalue weighted by molar-refractivity contribution is 9.10. The fourth-order valence-electron chi connectivity index (χ4n) is 2.68. The van der Waals surface area contributed by atoms with Crippen molar-refractivity contribution in [1.29, 1.82) is 0 Å². The Bertz CT molecular complexity index is 1230. The Morgan fingerprint density at radius 3 is 2.44 bits per heavy atom. The lowest BCUT2D eigenvalue weighted by Crippen LogP contribution is -2.32. The van der Waals surface area contributed by atoms with Crippen LogP contribution in [0.5, 0.6) is 5.75 Å². The quantitative estimate of drug-likeness (QED) is 0.245. The minimum atomic E-state index is -1.05. The number of benzene rings is 3. The average Bonchev–Trinajstić information content (AvgIpc) is 2.82. The Balaban J connectivity index is 1.44. The zero-order valence-electron chi connectivity index (χ0n) is 18.0. The molecule has 0 atom stereocenters. The van der Waals surface area contributed by atoms with E-state index in [2.05, 4.69) is 37.1 Å². The number of nitrogens with zero attached hydrogens (tertiary/aromatic N) is 1. The van der Waals surface area contributed by atoms with E-state index < -0.39 is 17.6 Å². The van der Waals surface area contributed by atoms with E-state index in [1.807, 2.05) is 19.1 Å². The maximum atomic E-state index is 13.5. The highest BCUT2D eigenvalue weighted by Gasteiger charge is 2.14. The van der Waals surface area contributed by atoms with Gasteiger partial charge in [0, 0.05) is 10.2 Å². The largest absolute Gasteiger partial charge is 0.484 e. The molecule has 3 aromatic rings. The van der Waals surface area contributed by atoms with Crippen LogP contribution in [0.15, 0.2) is 76.3 Å². The van der Waals surface area contributed by atoms with Crippen LogP contribution in [0.4, 0.5) is 15.8 Å². The molecule has 34 heavy (non-hydrogen) atoms. The molecule has 0 unspecified atom stereocenters. The highest BCUT2D eigenvalue weighted by Crippen LogP contribution is 2.20. The Kier molecular flexibility index (Phi) is 8.47. The summed E-state index contributed by atoms with van der Waals surface area (Å²) < 4.78 is 20.0. The minimum absolute atomic E-state index is 0.108. The average molecular weight is 527 g/mol. The number of carbonyl (C=O) groups excluding carboxylic acids is 3. The van der Waals surface area contributed by atoms with Crippen LogP contribution in [-0.4, -0.2) is 30.5 Å².